The van der Waals surface area contributed by atoms with Gasteiger partial charge in [-0.25, -0.2) is 0 Å². The molecule has 2 rings (SSSR count). The van der Waals surface area contributed by atoms with Gasteiger partial charge in [-0.05, 0) is 42.3 Å². The van der Waals surface area contributed by atoms with E-state index in [9.17, 15) is 5.11 Å². The monoisotopic (exact) mass is 231 g/mol. The summed E-state index contributed by atoms with van der Waals surface area (Å²) in [5.74, 6) is 0.644. The number of benzene rings is 1. The number of rotatable bonds is 4. The highest BCUT2D eigenvalue weighted by molar-refractivity contribution is 5.80. The highest BCUT2D eigenvalue weighted by Crippen LogP contribution is 2.19. The lowest BCUT2D eigenvalue weighted by atomic mass is 10.1. The molecule has 0 radical (unpaired) electrons. The molecule has 0 spiro atoms. The second-order valence-electron chi connectivity index (χ2n) is 5.31. The van der Waals surface area contributed by atoms with Crippen LogP contribution in [0.1, 0.15) is 26.3 Å². The predicted octanol–water partition coefficient (Wildman–Crippen LogP) is 3.22. The summed E-state index contributed by atoms with van der Waals surface area (Å²) in [6.45, 7) is 7.33. The van der Waals surface area contributed by atoms with Crippen LogP contribution in [0.5, 0.6) is 0 Å². The summed E-state index contributed by atoms with van der Waals surface area (Å²) in [4.78, 5) is 0. The minimum absolute atomic E-state index is 0.277. The molecule has 1 N–H and O–H groups in total. The predicted molar refractivity (Wildman–Crippen MR) is 72.2 cm³/mol. The Hall–Kier alpha value is -1.28. The van der Waals surface area contributed by atoms with Crippen molar-refractivity contribution in [2.24, 2.45) is 5.92 Å². The van der Waals surface area contributed by atoms with Crippen LogP contribution in [-0.4, -0.2) is 15.8 Å². The fourth-order valence-corrected chi connectivity index (χ4v) is 2.25. The minimum Gasteiger partial charge on any atom is -0.393 e. The molecule has 2 nitrogen and oxygen atoms in total. The molecule has 1 heterocycles. The first-order valence-electron chi connectivity index (χ1n) is 6.32. The Morgan fingerprint density at radius 3 is 2.59 bits per heavy atom. The molecule has 0 fully saturated rings. The van der Waals surface area contributed by atoms with Gasteiger partial charge in [-0.15, -0.1) is 0 Å². The maximum atomic E-state index is 9.44. The van der Waals surface area contributed by atoms with Crippen LogP contribution in [0, 0.1) is 5.92 Å². The van der Waals surface area contributed by atoms with E-state index in [2.05, 4.69) is 48.9 Å². The van der Waals surface area contributed by atoms with Crippen LogP contribution in [0.4, 0.5) is 0 Å². The second kappa shape index (κ2) is 4.92. The molecule has 0 bridgehead atoms. The number of hydrogen-bond donors (Lipinski definition) is 1. The molecule has 0 amide bonds. The molecular formula is C15H21NO. The third-order valence-electron chi connectivity index (χ3n) is 2.93. The molecule has 2 heteroatoms. The zero-order chi connectivity index (χ0) is 12.4. The average Bonchev–Trinajstić information content (AvgIpc) is 2.59. The Labute approximate surface area is 103 Å². The molecule has 92 valence electrons. The third kappa shape index (κ3) is 2.89. The largest absolute Gasteiger partial charge is 0.393 e. The summed E-state index contributed by atoms with van der Waals surface area (Å²) in [6, 6.07) is 8.60. The Balaban J connectivity index is 2.36. The molecule has 17 heavy (non-hydrogen) atoms. The minimum atomic E-state index is -0.277. The maximum absolute atomic E-state index is 9.44. The summed E-state index contributed by atoms with van der Waals surface area (Å²) >= 11 is 0. The number of aliphatic hydroxyl groups is 1. The first kappa shape index (κ1) is 12.2. The molecule has 2 aromatic rings. The lowest BCUT2D eigenvalue weighted by molar-refractivity contribution is 0.195. The van der Waals surface area contributed by atoms with Crippen LogP contribution in [0.2, 0.25) is 0 Å². The van der Waals surface area contributed by atoms with Gasteiger partial charge in [0.2, 0.25) is 0 Å². The Kier molecular flexibility index (Phi) is 3.53. The van der Waals surface area contributed by atoms with Gasteiger partial charge in [0.05, 0.1) is 6.10 Å². The van der Waals surface area contributed by atoms with E-state index in [0.717, 1.165) is 13.0 Å². The van der Waals surface area contributed by atoms with Gasteiger partial charge in [0.25, 0.3) is 0 Å². The fraction of sp³-hybridized carbons (Fsp3) is 0.467. The molecule has 1 aromatic carbocycles. The number of nitrogens with zero attached hydrogens (tertiary/aromatic N) is 1. The van der Waals surface area contributed by atoms with Gasteiger partial charge >= 0.3 is 0 Å². The van der Waals surface area contributed by atoms with E-state index < -0.39 is 0 Å². The van der Waals surface area contributed by atoms with Gasteiger partial charge < -0.3 is 9.67 Å². The molecule has 0 aliphatic carbocycles. The van der Waals surface area contributed by atoms with E-state index >= 15 is 0 Å². The average molecular weight is 231 g/mol. The maximum Gasteiger partial charge on any atom is 0.0552 e. The summed E-state index contributed by atoms with van der Waals surface area (Å²) in [5.41, 5.74) is 2.48. The van der Waals surface area contributed by atoms with Crippen molar-refractivity contribution in [2.45, 2.75) is 39.8 Å². The topological polar surface area (TPSA) is 25.2 Å². The number of hydrogen-bond acceptors (Lipinski definition) is 1. The SMILES string of the molecule is CC(C)Cn1ccc2ccc(CC(C)O)cc21. The first-order chi connectivity index (χ1) is 8.06. The lowest BCUT2D eigenvalue weighted by Gasteiger charge is -2.10. The molecule has 1 aromatic heterocycles. The van der Waals surface area contributed by atoms with E-state index in [-0.39, 0.29) is 6.10 Å². The summed E-state index contributed by atoms with van der Waals surface area (Å²) < 4.78 is 2.30. The van der Waals surface area contributed by atoms with Crippen LogP contribution in [0.15, 0.2) is 30.5 Å². The van der Waals surface area contributed by atoms with Crippen molar-refractivity contribution in [1.29, 1.82) is 0 Å². The van der Waals surface area contributed by atoms with Crippen LogP contribution in [0.3, 0.4) is 0 Å². The van der Waals surface area contributed by atoms with Crippen molar-refractivity contribution in [3.8, 4) is 0 Å². The molecule has 1 atom stereocenters. The quantitative estimate of drug-likeness (QED) is 0.858. The van der Waals surface area contributed by atoms with Gasteiger partial charge in [-0.1, -0.05) is 26.0 Å². The molecule has 0 saturated heterocycles. The van der Waals surface area contributed by atoms with Crippen molar-refractivity contribution < 1.29 is 5.11 Å². The number of aromatic nitrogens is 1. The van der Waals surface area contributed by atoms with Crippen LogP contribution in [0.25, 0.3) is 10.9 Å². The van der Waals surface area contributed by atoms with E-state index in [1.807, 2.05) is 6.92 Å². The van der Waals surface area contributed by atoms with Crippen LogP contribution < -0.4 is 0 Å². The Bertz CT molecular complexity index is 497. The zero-order valence-electron chi connectivity index (χ0n) is 10.9. The molecule has 1 unspecified atom stereocenters. The Morgan fingerprint density at radius 1 is 1.18 bits per heavy atom. The van der Waals surface area contributed by atoms with Gasteiger partial charge in [-0.2, -0.15) is 0 Å². The van der Waals surface area contributed by atoms with E-state index in [1.54, 1.807) is 0 Å². The number of fused-ring (bicyclic) bond motifs is 1. The highest BCUT2D eigenvalue weighted by Gasteiger charge is 2.05. The van der Waals surface area contributed by atoms with Crippen molar-refractivity contribution in [3.05, 3.63) is 36.0 Å². The normalized spacial score (nSPS) is 13.5. The van der Waals surface area contributed by atoms with Gasteiger partial charge in [0, 0.05) is 18.3 Å². The standard InChI is InChI=1S/C15H21NO/c1-11(2)10-16-7-6-14-5-4-13(8-12(3)17)9-15(14)16/h4-7,9,11-12,17H,8,10H2,1-3H3. The van der Waals surface area contributed by atoms with Crippen molar-refractivity contribution in [1.82, 2.24) is 4.57 Å². The summed E-state index contributed by atoms with van der Waals surface area (Å²) in [7, 11) is 0. The van der Waals surface area contributed by atoms with E-state index in [4.69, 9.17) is 0 Å². The zero-order valence-corrected chi connectivity index (χ0v) is 10.9. The van der Waals surface area contributed by atoms with Gasteiger partial charge in [0.1, 0.15) is 0 Å². The molecular weight excluding hydrogens is 210 g/mol. The molecule has 0 saturated carbocycles. The highest BCUT2D eigenvalue weighted by atomic mass is 16.3. The molecule has 0 aliphatic rings. The van der Waals surface area contributed by atoms with Crippen molar-refractivity contribution in [2.75, 3.05) is 0 Å². The van der Waals surface area contributed by atoms with Crippen LogP contribution in [-0.2, 0) is 13.0 Å². The third-order valence-corrected chi connectivity index (χ3v) is 2.93. The second-order valence-corrected chi connectivity index (χ2v) is 5.31. The number of aliphatic hydroxyl groups excluding tert-OH is 1. The van der Waals surface area contributed by atoms with Crippen molar-refractivity contribution >= 4 is 10.9 Å². The fourth-order valence-electron chi connectivity index (χ4n) is 2.25. The van der Waals surface area contributed by atoms with Gasteiger partial charge in [-0.3, -0.25) is 0 Å². The van der Waals surface area contributed by atoms with Crippen LogP contribution >= 0.6 is 0 Å². The smallest absolute Gasteiger partial charge is 0.0552 e. The van der Waals surface area contributed by atoms with Crippen molar-refractivity contribution in [3.63, 3.8) is 0 Å². The van der Waals surface area contributed by atoms with E-state index in [0.29, 0.717) is 5.92 Å². The lowest BCUT2D eigenvalue weighted by Crippen LogP contribution is -2.05. The Morgan fingerprint density at radius 2 is 1.94 bits per heavy atom. The first-order valence-corrected chi connectivity index (χ1v) is 6.32. The summed E-state index contributed by atoms with van der Waals surface area (Å²) in [5, 5.41) is 10.7. The van der Waals surface area contributed by atoms with Gasteiger partial charge in [0.15, 0.2) is 0 Å². The summed E-state index contributed by atoms with van der Waals surface area (Å²) in [6.07, 6.45) is 2.60. The van der Waals surface area contributed by atoms with E-state index in [1.165, 1.54) is 16.5 Å². The molecule has 0 aliphatic heterocycles.